The topological polar surface area (TPSA) is 41.1 Å². The molecule has 0 fully saturated rings. The molecule has 128 valence electrons. The van der Waals surface area contributed by atoms with E-state index in [0.717, 1.165) is 23.3 Å². The van der Waals surface area contributed by atoms with E-state index in [4.69, 9.17) is 0 Å². The number of likely N-dealkylation sites (N-methyl/N-ethyl adjacent to an activating group) is 1. The van der Waals surface area contributed by atoms with Gasteiger partial charge in [0.15, 0.2) is 0 Å². The molecule has 6 heteroatoms. The van der Waals surface area contributed by atoms with Gasteiger partial charge in [-0.25, -0.2) is 0 Å². The summed E-state index contributed by atoms with van der Waals surface area (Å²) in [6, 6.07) is 12.1. The molecule has 2 aromatic carbocycles. The van der Waals surface area contributed by atoms with E-state index in [1.807, 2.05) is 24.3 Å². The lowest BCUT2D eigenvalue weighted by molar-refractivity contribution is -0.137. The highest BCUT2D eigenvalue weighted by Gasteiger charge is 2.29. The molecule has 1 atom stereocenters. The van der Waals surface area contributed by atoms with Crippen molar-refractivity contribution in [3.05, 3.63) is 59.7 Å². The first kappa shape index (κ1) is 18.0. The highest BCUT2D eigenvalue weighted by atomic mass is 19.4. The van der Waals surface area contributed by atoms with Gasteiger partial charge < -0.3 is 10.6 Å². The monoisotopic (exact) mass is 336 g/mol. The number of halogens is 3. The van der Waals surface area contributed by atoms with E-state index in [1.165, 1.54) is 12.1 Å². The van der Waals surface area contributed by atoms with E-state index in [1.54, 1.807) is 14.0 Å². The Hall–Kier alpha value is -2.34. The molecule has 0 aliphatic heterocycles. The third kappa shape index (κ3) is 4.58. The Morgan fingerprint density at radius 2 is 1.75 bits per heavy atom. The molecular weight excluding hydrogens is 317 g/mol. The van der Waals surface area contributed by atoms with E-state index in [0.29, 0.717) is 12.1 Å². The molecule has 0 aliphatic rings. The minimum absolute atomic E-state index is 0.113. The van der Waals surface area contributed by atoms with Crippen LogP contribution < -0.4 is 10.6 Å². The van der Waals surface area contributed by atoms with Gasteiger partial charge in [-0.15, -0.1) is 0 Å². The standard InChI is InChI=1S/C18H19F3N2O/c1-12(22-2)17(24)23-11-13-4-3-5-15(10-13)14-6-8-16(9-7-14)18(19,20)21/h3-10,12,22H,11H2,1-2H3,(H,23,24). The summed E-state index contributed by atoms with van der Waals surface area (Å²) >= 11 is 0. The summed E-state index contributed by atoms with van der Waals surface area (Å²) in [5.74, 6) is -0.113. The SMILES string of the molecule is CNC(C)C(=O)NCc1cccc(-c2ccc(C(F)(F)F)cc2)c1. The van der Waals surface area contributed by atoms with Crippen molar-refractivity contribution >= 4 is 5.91 Å². The van der Waals surface area contributed by atoms with Crippen molar-refractivity contribution in [3.8, 4) is 11.1 Å². The fourth-order valence-electron chi connectivity index (χ4n) is 2.19. The molecule has 0 aliphatic carbocycles. The average molecular weight is 336 g/mol. The Labute approximate surface area is 138 Å². The third-order valence-corrected chi connectivity index (χ3v) is 3.77. The number of hydrogen-bond donors (Lipinski definition) is 2. The van der Waals surface area contributed by atoms with Crippen molar-refractivity contribution < 1.29 is 18.0 Å². The maximum Gasteiger partial charge on any atom is 0.416 e. The molecule has 0 radical (unpaired) electrons. The van der Waals surface area contributed by atoms with Gasteiger partial charge in [-0.05, 0) is 48.9 Å². The summed E-state index contributed by atoms with van der Waals surface area (Å²) in [5, 5.41) is 5.66. The van der Waals surface area contributed by atoms with Crippen LogP contribution in [-0.4, -0.2) is 19.0 Å². The Bertz CT molecular complexity index is 696. The summed E-state index contributed by atoms with van der Waals surface area (Å²) in [6.07, 6.45) is -4.34. The molecule has 0 saturated heterocycles. The maximum absolute atomic E-state index is 12.6. The quantitative estimate of drug-likeness (QED) is 0.876. The number of carbonyl (C=O) groups excluding carboxylic acids is 1. The highest BCUT2D eigenvalue weighted by molar-refractivity contribution is 5.81. The molecule has 2 rings (SSSR count). The van der Waals surface area contributed by atoms with E-state index < -0.39 is 11.7 Å². The molecule has 0 spiro atoms. The molecule has 1 unspecified atom stereocenters. The summed E-state index contributed by atoms with van der Waals surface area (Å²) in [6.45, 7) is 2.12. The van der Waals surface area contributed by atoms with Crippen LogP contribution in [0.4, 0.5) is 13.2 Å². The molecule has 0 aromatic heterocycles. The molecule has 24 heavy (non-hydrogen) atoms. The van der Waals surface area contributed by atoms with Crippen LogP contribution in [0.5, 0.6) is 0 Å². The molecular formula is C18H19F3N2O. The van der Waals surface area contributed by atoms with Crippen LogP contribution in [0.1, 0.15) is 18.1 Å². The van der Waals surface area contributed by atoms with E-state index in [2.05, 4.69) is 10.6 Å². The van der Waals surface area contributed by atoms with Crippen molar-refractivity contribution in [1.82, 2.24) is 10.6 Å². The van der Waals surface area contributed by atoms with Crippen molar-refractivity contribution in [2.24, 2.45) is 0 Å². The van der Waals surface area contributed by atoms with Crippen molar-refractivity contribution in [3.63, 3.8) is 0 Å². The van der Waals surface area contributed by atoms with Crippen molar-refractivity contribution in [1.29, 1.82) is 0 Å². The van der Waals surface area contributed by atoms with Gasteiger partial charge in [-0.3, -0.25) is 4.79 Å². The fraction of sp³-hybridized carbons (Fsp3) is 0.278. The molecule has 0 bridgehead atoms. The highest BCUT2D eigenvalue weighted by Crippen LogP contribution is 2.31. The van der Waals surface area contributed by atoms with Gasteiger partial charge in [0.2, 0.25) is 5.91 Å². The van der Waals surface area contributed by atoms with Gasteiger partial charge in [0.25, 0.3) is 0 Å². The molecule has 3 nitrogen and oxygen atoms in total. The Balaban J connectivity index is 2.11. The van der Waals surface area contributed by atoms with Crippen LogP contribution in [0.2, 0.25) is 0 Å². The first-order valence-corrected chi connectivity index (χ1v) is 7.53. The Morgan fingerprint density at radius 3 is 2.33 bits per heavy atom. The predicted molar refractivity (Wildman–Crippen MR) is 87.2 cm³/mol. The molecule has 0 saturated carbocycles. The summed E-state index contributed by atoms with van der Waals surface area (Å²) in [5.41, 5.74) is 1.71. The predicted octanol–water partition coefficient (Wildman–Crippen LogP) is 3.60. The van der Waals surface area contributed by atoms with Crippen molar-refractivity contribution in [2.45, 2.75) is 25.7 Å². The number of carbonyl (C=O) groups is 1. The van der Waals surface area contributed by atoms with Crippen LogP contribution >= 0.6 is 0 Å². The number of nitrogens with one attached hydrogen (secondary N) is 2. The largest absolute Gasteiger partial charge is 0.416 e. The zero-order valence-corrected chi connectivity index (χ0v) is 13.4. The van der Waals surface area contributed by atoms with Gasteiger partial charge in [-0.2, -0.15) is 13.2 Å². The van der Waals surface area contributed by atoms with Gasteiger partial charge in [0.05, 0.1) is 11.6 Å². The normalized spacial score (nSPS) is 12.7. The zero-order chi connectivity index (χ0) is 17.7. The number of hydrogen-bond acceptors (Lipinski definition) is 2. The number of benzene rings is 2. The van der Waals surface area contributed by atoms with E-state index >= 15 is 0 Å². The minimum Gasteiger partial charge on any atom is -0.351 e. The first-order valence-electron chi connectivity index (χ1n) is 7.53. The zero-order valence-electron chi connectivity index (χ0n) is 13.4. The Morgan fingerprint density at radius 1 is 1.08 bits per heavy atom. The Kier molecular flexibility index (Phi) is 5.62. The fourth-order valence-corrected chi connectivity index (χ4v) is 2.19. The summed E-state index contributed by atoms with van der Waals surface area (Å²) in [7, 11) is 1.70. The summed E-state index contributed by atoms with van der Waals surface area (Å²) < 4.78 is 37.8. The molecule has 0 heterocycles. The van der Waals surface area contributed by atoms with Crippen LogP contribution in [-0.2, 0) is 17.5 Å². The molecule has 1 amide bonds. The number of alkyl halides is 3. The smallest absolute Gasteiger partial charge is 0.351 e. The lowest BCUT2D eigenvalue weighted by Crippen LogP contribution is -2.39. The van der Waals surface area contributed by atoms with Gasteiger partial charge in [0, 0.05) is 6.54 Å². The van der Waals surface area contributed by atoms with E-state index in [-0.39, 0.29) is 11.9 Å². The van der Waals surface area contributed by atoms with Gasteiger partial charge in [0.1, 0.15) is 0 Å². The lowest BCUT2D eigenvalue weighted by Gasteiger charge is -2.12. The van der Waals surface area contributed by atoms with E-state index in [9.17, 15) is 18.0 Å². The molecule has 2 aromatic rings. The number of amides is 1. The van der Waals surface area contributed by atoms with Crippen LogP contribution in [0.25, 0.3) is 11.1 Å². The van der Waals surface area contributed by atoms with Gasteiger partial charge >= 0.3 is 6.18 Å². The second-order valence-corrected chi connectivity index (χ2v) is 5.50. The summed E-state index contributed by atoms with van der Waals surface area (Å²) in [4.78, 5) is 11.8. The number of rotatable bonds is 5. The van der Waals surface area contributed by atoms with Crippen LogP contribution in [0, 0.1) is 0 Å². The molecule has 2 N–H and O–H groups in total. The van der Waals surface area contributed by atoms with Crippen LogP contribution in [0.15, 0.2) is 48.5 Å². The first-order chi connectivity index (χ1) is 11.3. The third-order valence-electron chi connectivity index (χ3n) is 3.77. The van der Waals surface area contributed by atoms with Crippen LogP contribution in [0.3, 0.4) is 0 Å². The van der Waals surface area contributed by atoms with Gasteiger partial charge in [-0.1, -0.05) is 30.3 Å². The lowest BCUT2D eigenvalue weighted by atomic mass is 10.0. The second-order valence-electron chi connectivity index (χ2n) is 5.50. The minimum atomic E-state index is -4.34. The second kappa shape index (κ2) is 7.49. The average Bonchev–Trinajstić information content (AvgIpc) is 2.58. The van der Waals surface area contributed by atoms with Crippen molar-refractivity contribution in [2.75, 3.05) is 7.05 Å². The maximum atomic E-state index is 12.6.